The van der Waals surface area contributed by atoms with Crippen molar-refractivity contribution in [2.75, 3.05) is 6.61 Å². The average molecular weight is 398 g/mol. The van der Waals surface area contributed by atoms with E-state index >= 15 is 0 Å². The Morgan fingerprint density at radius 2 is 1.27 bits per heavy atom. The van der Waals surface area contributed by atoms with Crippen LogP contribution in [0.2, 0.25) is 0 Å². The maximum atomic E-state index is 11.7. The molecule has 0 unspecified atom stereocenters. The number of esters is 1. The molecule has 4 heteroatoms. The van der Waals surface area contributed by atoms with Crippen LogP contribution in [0.15, 0.2) is 54.6 Å². The molecule has 0 aliphatic heterocycles. The number of carbonyl (C=O) groups excluding carboxylic acids is 2. The van der Waals surface area contributed by atoms with E-state index in [0.717, 1.165) is 44.1 Å². The predicted octanol–water partition coefficient (Wildman–Crippen LogP) is 5.68. The van der Waals surface area contributed by atoms with Gasteiger partial charge < -0.3 is 39.9 Å². The van der Waals surface area contributed by atoms with Crippen LogP contribution in [0.4, 0.5) is 0 Å². The molecule has 3 nitrogen and oxygen atoms in total. The second-order valence-corrected chi connectivity index (χ2v) is 5.99. The van der Waals surface area contributed by atoms with Gasteiger partial charge in [0.05, 0.1) is 6.61 Å². The van der Waals surface area contributed by atoms with Crippen molar-refractivity contribution in [2.24, 2.45) is 0 Å². The number of Topliss-reactive ketones (excluding diaryl/α,β-unsaturated/α-hetero) is 1. The average Bonchev–Trinajstić information content (AvgIpc) is 3.33. The fourth-order valence-corrected chi connectivity index (χ4v) is 2.52. The van der Waals surface area contributed by atoms with Gasteiger partial charge in [-0.2, -0.15) is 12.1 Å². The molecule has 0 heterocycles. The summed E-state index contributed by atoms with van der Waals surface area (Å²) in [5, 5.41) is 0. The zero-order valence-corrected chi connectivity index (χ0v) is 16.7. The zero-order chi connectivity index (χ0) is 18.2. The van der Waals surface area contributed by atoms with Crippen LogP contribution >= 0.6 is 0 Å². The van der Waals surface area contributed by atoms with Crippen molar-refractivity contribution in [1.82, 2.24) is 0 Å². The number of hydrogen-bond donors (Lipinski definition) is 0. The van der Waals surface area contributed by atoms with Crippen LogP contribution < -0.4 is 0 Å². The summed E-state index contributed by atoms with van der Waals surface area (Å²) >= 11 is 0. The first-order valence-electron chi connectivity index (χ1n) is 9.31. The normalized spacial score (nSPS) is 9.58. The third-order valence-electron chi connectivity index (χ3n) is 3.88. The molecule has 0 aromatic heterocycles. The van der Waals surface area contributed by atoms with Gasteiger partial charge in [-0.1, -0.05) is 31.2 Å². The predicted molar refractivity (Wildman–Crippen MR) is 102 cm³/mol. The summed E-state index contributed by atoms with van der Waals surface area (Å²) in [5.74, 6) is 0.158. The van der Waals surface area contributed by atoms with E-state index in [4.69, 9.17) is 4.74 Å². The molecule has 0 atom stereocenters. The van der Waals surface area contributed by atoms with Crippen molar-refractivity contribution in [3.63, 3.8) is 0 Å². The number of hydrogen-bond acceptors (Lipinski definition) is 3. The molecular formula is C22H30FeO3-6. The van der Waals surface area contributed by atoms with Gasteiger partial charge in [-0.05, 0) is 26.2 Å². The van der Waals surface area contributed by atoms with E-state index in [1.165, 1.54) is 0 Å². The van der Waals surface area contributed by atoms with Crippen molar-refractivity contribution in [2.45, 2.75) is 58.3 Å². The molecule has 0 spiro atoms. The first-order valence-corrected chi connectivity index (χ1v) is 9.31. The summed E-state index contributed by atoms with van der Waals surface area (Å²) in [6.07, 6.45) is 7.46. The van der Waals surface area contributed by atoms with Gasteiger partial charge in [0.1, 0.15) is 5.78 Å². The second-order valence-electron chi connectivity index (χ2n) is 5.99. The van der Waals surface area contributed by atoms with Crippen molar-refractivity contribution >= 4 is 11.8 Å². The SMILES string of the molecule is CCOC(=O)CCCCCCCCC(=O)[c-]1cccc1.[Fe].[cH-]1[cH-][cH-][cH-][cH-]1. The molecule has 0 amide bonds. The molecular weight excluding hydrogens is 368 g/mol. The molecule has 150 valence electrons. The minimum atomic E-state index is -0.0900. The third kappa shape index (κ3) is 12.7. The Bertz CT molecular complexity index is 527. The number of ketones is 1. The molecule has 0 aliphatic carbocycles. The van der Waals surface area contributed by atoms with Gasteiger partial charge in [-0.25, -0.2) is 12.1 Å². The van der Waals surface area contributed by atoms with E-state index < -0.39 is 0 Å². The number of carbonyl (C=O) groups is 2. The van der Waals surface area contributed by atoms with Crippen LogP contribution in [0.1, 0.15) is 68.6 Å². The van der Waals surface area contributed by atoms with Crippen molar-refractivity contribution in [3.8, 4) is 0 Å². The molecule has 0 bridgehead atoms. The topological polar surface area (TPSA) is 43.4 Å². The molecule has 0 saturated carbocycles. The smallest absolute Gasteiger partial charge is 0.305 e. The minimum absolute atomic E-state index is 0. The van der Waals surface area contributed by atoms with Crippen LogP contribution in [0.3, 0.4) is 0 Å². The Balaban J connectivity index is 0.000000893. The van der Waals surface area contributed by atoms with Gasteiger partial charge in [0, 0.05) is 23.5 Å². The van der Waals surface area contributed by atoms with Crippen molar-refractivity contribution in [1.29, 1.82) is 0 Å². The monoisotopic (exact) mass is 398 g/mol. The van der Waals surface area contributed by atoms with Gasteiger partial charge in [0.15, 0.2) is 0 Å². The van der Waals surface area contributed by atoms with Crippen molar-refractivity contribution in [3.05, 3.63) is 60.2 Å². The molecule has 0 fully saturated rings. The standard InChI is InChI=1S/C17H25O3.C5H5.Fe/c1-2-20-17(19)14-8-6-4-3-5-7-13-16(18)15-11-9-10-12-15;1-2-4-5-3-1;/h9-12H,2-8,13-14H2,1H3;1-5H;/q-1;-5;. The first kappa shape index (κ1) is 24.4. The fraction of sp³-hybridized carbons (Fsp3) is 0.455. The molecule has 26 heavy (non-hydrogen) atoms. The van der Waals surface area contributed by atoms with E-state index in [1.807, 2.05) is 61.5 Å². The van der Waals surface area contributed by atoms with Crippen LogP contribution in [0, 0.1) is 0 Å². The van der Waals surface area contributed by atoms with Crippen LogP contribution in [0.5, 0.6) is 0 Å². The van der Waals surface area contributed by atoms with Gasteiger partial charge >= 0.3 is 5.97 Å². The van der Waals surface area contributed by atoms with Gasteiger partial charge in [-0.3, -0.25) is 4.79 Å². The Hall–Kier alpha value is -1.64. The van der Waals surface area contributed by atoms with Gasteiger partial charge in [0.2, 0.25) is 0 Å². The Morgan fingerprint density at radius 3 is 1.77 bits per heavy atom. The molecule has 0 radical (unpaired) electrons. The molecule has 0 saturated heterocycles. The zero-order valence-electron chi connectivity index (χ0n) is 15.6. The maximum Gasteiger partial charge on any atom is 0.305 e. The largest absolute Gasteiger partial charge is 0.748 e. The fourth-order valence-electron chi connectivity index (χ4n) is 2.52. The van der Waals surface area contributed by atoms with E-state index in [9.17, 15) is 9.59 Å². The van der Waals surface area contributed by atoms with Gasteiger partial charge in [0.25, 0.3) is 0 Å². The molecule has 0 N–H and O–H groups in total. The molecule has 2 rings (SSSR count). The van der Waals surface area contributed by atoms with E-state index in [2.05, 4.69) is 0 Å². The first-order chi connectivity index (χ1) is 12.2. The quantitative estimate of drug-likeness (QED) is 0.161. The Morgan fingerprint density at radius 1 is 0.808 bits per heavy atom. The van der Waals surface area contributed by atoms with E-state index in [-0.39, 0.29) is 28.8 Å². The number of rotatable bonds is 11. The van der Waals surface area contributed by atoms with Gasteiger partial charge in [-0.15, -0.1) is 0 Å². The van der Waals surface area contributed by atoms with E-state index in [0.29, 0.717) is 19.4 Å². The maximum absolute atomic E-state index is 11.7. The minimum Gasteiger partial charge on any atom is -0.748 e. The molecule has 0 aliphatic rings. The van der Waals surface area contributed by atoms with E-state index in [1.54, 1.807) is 0 Å². The molecule has 2 aromatic carbocycles. The summed E-state index contributed by atoms with van der Waals surface area (Å²) in [5.41, 5.74) is 0.833. The summed E-state index contributed by atoms with van der Waals surface area (Å²) in [7, 11) is 0. The number of unbranched alkanes of at least 4 members (excludes halogenated alkanes) is 5. The van der Waals surface area contributed by atoms with Crippen LogP contribution in [-0.4, -0.2) is 18.4 Å². The number of ether oxygens (including phenoxy) is 1. The summed E-state index contributed by atoms with van der Waals surface area (Å²) in [4.78, 5) is 22.8. The van der Waals surface area contributed by atoms with Crippen LogP contribution in [-0.2, 0) is 26.6 Å². The summed E-state index contributed by atoms with van der Waals surface area (Å²) < 4.78 is 4.87. The van der Waals surface area contributed by atoms with Crippen molar-refractivity contribution < 1.29 is 31.4 Å². The second kappa shape index (κ2) is 16.8. The molecule has 2 aromatic rings. The Labute approximate surface area is 168 Å². The summed E-state index contributed by atoms with van der Waals surface area (Å²) in [6.45, 7) is 2.30. The summed E-state index contributed by atoms with van der Waals surface area (Å²) in [6, 6.07) is 17.5. The Kier molecular flexibility index (Phi) is 15.7. The third-order valence-corrected chi connectivity index (χ3v) is 3.88. The van der Waals surface area contributed by atoms with Crippen LogP contribution in [0.25, 0.3) is 0 Å².